The van der Waals surface area contributed by atoms with Crippen LogP contribution in [-0.2, 0) is 9.59 Å². The number of anilines is 1. The number of amides is 1. The van der Waals surface area contributed by atoms with E-state index in [-0.39, 0.29) is 5.75 Å². The Bertz CT molecular complexity index is 400. The molecule has 0 radical (unpaired) electrons. The lowest BCUT2D eigenvalue weighted by molar-refractivity contribution is -0.139. The highest BCUT2D eigenvalue weighted by Crippen LogP contribution is 2.20. The zero-order chi connectivity index (χ0) is 11.4. The Labute approximate surface area is 86.4 Å². The second-order valence-electron chi connectivity index (χ2n) is 3.12. The lowest BCUT2D eigenvalue weighted by atomic mass is 10.2. The van der Waals surface area contributed by atoms with E-state index in [1.807, 2.05) is 0 Å². The number of hydrogen-bond donors (Lipinski definition) is 3. The summed E-state index contributed by atoms with van der Waals surface area (Å²) in [5.74, 6) is -1.64. The minimum atomic E-state index is -1.18. The molecule has 3 N–H and O–H groups in total. The number of aliphatic carboxylic acids is 1. The van der Waals surface area contributed by atoms with Gasteiger partial charge in [-0.15, -0.1) is 0 Å². The van der Waals surface area contributed by atoms with Gasteiger partial charge in [0, 0.05) is 5.69 Å². The number of aromatic hydroxyl groups is 1. The molecule has 0 unspecified atom stereocenters. The SMILES string of the molecule is Cc1cc(NC(=O)CC(=O)O)ccc1O. The molecule has 0 aromatic heterocycles. The Morgan fingerprint density at radius 2 is 2.07 bits per heavy atom. The number of carboxylic acid groups (broad SMARTS) is 1. The fourth-order valence-electron chi connectivity index (χ4n) is 1.08. The molecule has 80 valence electrons. The predicted molar refractivity (Wildman–Crippen MR) is 53.7 cm³/mol. The van der Waals surface area contributed by atoms with E-state index in [2.05, 4.69) is 5.32 Å². The first-order valence-electron chi connectivity index (χ1n) is 4.30. The fourth-order valence-corrected chi connectivity index (χ4v) is 1.08. The Balaban J connectivity index is 2.69. The lowest BCUT2D eigenvalue weighted by Gasteiger charge is -2.05. The van der Waals surface area contributed by atoms with E-state index >= 15 is 0 Å². The Morgan fingerprint density at radius 3 is 2.60 bits per heavy atom. The van der Waals surface area contributed by atoms with E-state index in [1.165, 1.54) is 12.1 Å². The van der Waals surface area contributed by atoms with Gasteiger partial charge in [-0.25, -0.2) is 0 Å². The molecule has 0 heterocycles. The van der Waals surface area contributed by atoms with Crippen molar-refractivity contribution in [1.29, 1.82) is 0 Å². The van der Waals surface area contributed by atoms with E-state index in [0.717, 1.165) is 0 Å². The predicted octanol–water partition coefficient (Wildman–Crippen LogP) is 1.11. The van der Waals surface area contributed by atoms with E-state index in [4.69, 9.17) is 5.11 Å². The van der Waals surface area contributed by atoms with Crippen molar-refractivity contribution in [2.75, 3.05) is 5.32 Å². The maximum Gasteiger partial charge on any atom is 0.312 e. The highest BCUT2D eigenvalue weighted by molar-refractivity contribution is 6.01. The maximum atomic E-state index is 11.1. The molecule has 0 saturated heterocycles. The van der Waals surface area contributed by atoms with Gasteiger partial charge in [-0.05, 0) is 30.7 Å². The monoisotopic (exact) mass is 209 g/mol. The summed E-state index contributed by atoms with van der Waals surface area (Å²) < 4.78 is 0. The quantitative estimate of drug-likeness (QED) is 0.514. The van der Waals surface area contributed by atoms with Crippen molar-refractivity contribution in [1.82, 2.24) is 0 Å². The average Bonchev–Trinajstić information content (AvgIpc) is 2.10. The summed E-state index contributed by atoms with van der Waals surface area (Å²) in [6.45, 7) is 1.68. The number of nitrogens with one attached hydrogen (secondary N) is 1. The van der Waals surface area contributed by atoms with Crippen LogP contribution in [0.1, 0.15) is 12.0 Å². The molecule has 0 bridgehead atoms. The zero-order valence-corrected chi connectivity index (χ0v) is 8.15. The smallest absolute Gasteiger partial charge is 0.312 e. The molecule has 0 aliphatic carbocycles. The number of phenols is 1. The van der Waals surface area contributed by atoms with Crippen LogP contribution in [0.4, 0.5) is 5.69 Å². The topological polar surface area (TPSA) is 86.6 Å². The van der Waals surface area contributed by atoms with Gasteiger partial charge in [0.05, 0.1) is 0 Å². The number of carboxylic acids is 1. The van der Waals surface area contributed by atoms with Gasteiger partial charge in [-0.3, -0.25) is 9.59 Å². The van der Waals surface area contributed by atoms with Crippen molar-refractivity contribution in [3.63, 3.8) is 0 Å². The molecule has 0 aliphatic rings. The van der Waals surface area contributed by atoms with E-state index in [9.17, 15) is 14.7 Å². The number of hydrogen-bond acceptors (Lipinski definition) is 3. The largest absolute Gasteiger partial charge is 0.508 e. The molecule has 0 fully saturated rings. The number of carbonyl (C=O) groups is 2. The van der Waals surface area contributed by atoms with Gasteiger partial charge in [0.25, 0.3) is 0 Å². The second-order valence-corrected chi connectivity index (χ2v) is 3.12. The van der Waals surface area contributed by atoms with Crippen molar-refractivity contribution in [2.45, 2.75) is 13.3 Å². The number of benzene rings is 1. The summed E-state index contributed by atoms with van der Waals surface area (Å²) in [6, 6.07) is 4.50. The number of aryl methyl sites for hydroxylation is 1. The summed E-state index contributed by atoms with van der Waals surface area (Å²) in [5, 5.41) is 20.0. The molecular formula is C10H11NO4. The molecule has 1 rings (SSSR count). The first kappa shape index (κ1) is 11.0. The van der Waals surface area contributed by atoms with Gasteiger partial charge in [0.15, 0.2) is 0 Å². The van der Waals surface area contributed by atoms with Gasteiger partial charge < -0.3 is 15.5 Å². The summed E-state index contributed by atoms with van der Waals surface area (Å²) in [7, 11) is 0. The molecule has 15 heavy (non-hydrogen) atoms. The molecule has 1 amide bonds. The normalized spacial score (nSPS) is 9.67. The number of rotatable bonds is 3. The summed E-state index contributed by atoms with van der Waals surface area (Å²) in [6.07, 6.45) is -0.570. The van der Waals surface area contributed by atoms with E-state index in [1.54, 1.807) is 13.0 Å². The Hall–Kier alpha value is -2.04. The first-order chi connectivity index (χ1) is 6.99. The highest BCUT2D eigenvalue weighted by Gasteiger charge is 2.08. The van der Waals surface area contributed by atoms with Gasteiger partial charge in [-0.1, -0.05) is 0 Å². The highest BCUT2D eigenvalue weighted by atomic mass is 16.4. The molecule has 5 nitrogen and oxygen atoms in total. The Morgan fingerprint density at radius 1 is 1.40 bits per heavy atom. The maximum absolute atomic E-state index is 11.1. The van der Waals surface area contributed by atoms with Crippen LogP contribution < -0.4 is 5.32 Å². The molecule has 0 aliphatic heterocycles. The van der Waals surface area contributed by atoms with Crippen LogP contribution >= 0.6 is 0 Å². The minimum Gasteiger partial charge on any atom is -0.508 e. The summed E-state index contributed by atoms with van der Waals surface area (Å²) >= 11 is 0. The summed E-state index contributed by atoms with van der Waals surface area (Å²) in [4.78, 5) is 21.3. The van der Waals surface area contributed by atoms with Gasteiger partial charge in [0.1, 0.15) is 12.2 Å². The third-order valence-electron chi connectivity index (χ3n) is 1.79. The van der Waals surface area contributed by atoms with Crippen LogP contribution in [0.5, 0.6) is 5.75 Å². The standard InChI is InChI=1S/C10H11NO4/c1-6-4-7(2-3-8(6)12)11-9(13)5-10(14)15/h2-4,12H,5H2,1H3,(H,11,13)(H,14,15). The van der Waals surface area contributed by atoms with Crippen LogP contribution in [0.25, 0.3) is 0 Å². The van der Waals surface area contributed by atoms with Gasteiger partial charge in [0.2, 0.25) is 5.91 Å². The lowest BCUT2D eigenvalue weighted by Crippen LogP contribution is -2.15. The van der Waals surface area contributed by atoms with Crippen molar-refractivity contribution in [3.05, 3.63) is 23.8 Å². The third-order valence-corrected chi connectivity index (χ3v) is 1.79. The molecule has 5 heteroatoms. The van der Waals surface area contributed by atoms with Crippen molar-refractivity contribution >= 4 is 17.6 Å². The minimum absolute atomic E-state index is 0.131. The molecule has 0 spiro atoms. The van der Waals surface area contributed by atoms with Crippen LogP contribution in [0.15, 0.2) is 18.2 Å². The average molecular weight is 209 g/mol. The Kier molecular flexibility index (Phi) is 3.28. The van der Waals surface area contributed by atoms with Crippen LogP contribution in [0, 0.1) is 6.92 Å². The fraction of sp³-hybridized carbons (Fsp3) is 0.200. The molecule has 1 aromatic carbocycles. The van der Waals surface area contributed by atoms with E-state index < -0.39 is 18.3 Å². The van der Waals surface area contributed by atoms with Crippen LogP contribution in [0.2, 0.25) is 0 Å². The second kappa shape index (κ2) is 4.45. The number of carbonyl (C=O) groups excluding carboxylic acids is 1. The molecule has 1 aromatic rings. The zero-order valence-electron chi connectivity index (χ0n) is 8.15. The van der Waals surface area contributed by atoms with Crippen molar-refractivity contribution < 1.29 is 19.8 Å². The summed E-state index contributed by atoms with van der Waals surface area (Å²) in [5.41, 5.74) is 1.08. The first-order valence-corrected chi connectivity index (χ1v) is 4.30. The van der Waals surface area contributed by atoms with Gasteiger partial charge in [-0.2, -0.15) is 0 Å². The van der Waals surface area contributed by atoms with Crippen molar-refractivity contribution in [2.24, 2.45) is 0 Å². The van der Waals surface area contributed by atoms with E-state index in [0.29, 0.717) is 11.3 Å². The third kappa shape index (κ3) is 3.30. The van der Waals surface area contributed by atoms with Gasteiger partial charge >= 0.3 is 5.97 Å². The van der Waals surface area contributed by atoms with Crippen LogP contribution in [0.3, 0.4) is 0 Å². The van der Waals surface area contributed by atoms with Crippen LogP contribution in [-0.4, -0.2) is 22.1 Å². The molecule has 0 saturated carbocycles. The van der Waals surface area contributed by atoms with Crippen molar-refractivity contribution in [3.8, 4) is 5.75 Å². The number of phenolic OH excluding ortho intramolecular Hbond substituents is 1. The molecule has 0 atom stereocenters. The molecular weight excluding hydrogens is 198 g/mol.